The number of carboxylic acids is 1. The molecule has 0 N–H and O–H groups in total. The van der Waals surface area contributed by atoms with Crippen molar-refractivity contribution in [1.82, 2.24) is 4.98 Å². The number of rotatable bonds is 4. The molecule has 0 saturated heterocycles. The van der Waals surface area contributed by atoms with E-state index in [2.05, 4.69) is 4.98 Å². The van der Waals surface area contributed by atoms with Crippen LogP contribution in [0.2, 0.25) is 0 Å². The van der Waals surface area contributed by atoms with Gasteiger partial charge in [0.25, 0.3) is 0 Å². The smallest absolute Gasteiger partial charge is 0.226 e. The van der Waals surface area contributed by atoms with Crippen molar-refractivity contribution in [1.29, 1.82) is 0 Å². The maximum atomic E-state index is 11.1. The minimum Gasteiger partial charge on any atom is -0.550 e. The van der Waals surface area contributed by atoms with Crippen molar-refractivity contribution < 1.29 is 14.3 Å². The zero-order chi connectivity index (χ0) is 15.5. The molecule has 1 unspecified atom stereocenters. The lowest BCUT2D eigenvalue weighted by molar-refractivity contribution is -0.307. The zero-order valence-electron chi connectivity index (χ0n) is 12.0. The van der Waals surface area contributed by atoms with Crippen LogP contribution in [0.4, 0.5) is 0 Å². The van der Waals surface area contributed by atoms with Gasteiger partial charge in [-0.2, -0.15) is 0 Å². The quantitative estimate of drug-likeness (QED) is 0.741. The first-order valence-electron chi connectivity index (χ1n) is 6.98. The van der Waals surface area contributed by atoms with Gasteiger partial charge in [0.1, 0.15) is 12.0 Å². The fourth-order valence-corrected chi connectivity index (χ4v) is 2.34. The maximum Gasteiger partial charge on any atom is 0.226 e. The van der Waals surface area contributed by atoms with Gasteiger partial charge < -0.3 is 14.3 Å². The van der Waals surface area contributed by atoms with Crippen molar-refractivity contribution in [2.75, 3.05) is 0 Å². The van der Waals surface area contributed by atoms with E-state index < -0.39 is 11.9 Å². The fraction of sp³-hybridized carbons (Fsp3) is 0.111. The summed E-state index contributed by atoms with van der Waals surface area (Å²) < 4.78 is 5.55. The number of nitrogens with zero attached hydrogens (tertiary/aromatic N) is 1. The van der Waals surface area contributed by atoms with Gasteiger partial charge >= 0.3 is 0 Å². The molecule has 0 amide bonds. The summed E-state index contributed by atoms with van der Waals surface area (Å²) in [6, 6.07) is 16.8. The van der Waals surface area contributed by atoms with Crippen LogP contribution in [-0.2, 0) is 4.79 Å². The van der Waals surface area contributed by atoms with Gasteiger partial charge in [0.05, 0.1) is 0 Å². The molecular formula is C18H14NO3-. The number of carboxylic acid groups (broad SMARTS) is 1. The van der Waals surface area contributed by atoms with Gasteiger partial charge in [-0.05, 0) is 11.6 Å². The predicted molar refractivity (Wildman–Crippen MR) is 80.8 cm³/mol. The Hall–Kier alpha value is -2.88. The van der Waals surface area contributed by atoms with E-state index in [9.17, 15) is 9.90 Å². The number of hydrogen-bond donors (Lipinski definition) is 0. The van der Waals surface area contributed by atoms with Crippen LogP contribution < -0.4 is 5.11 Å². The molecule has 3 rings (SSSR count). The van der Waals surface area contributed by atoms with Crippen LogP contribution in [0.3, 0.4) is 0 Å². The molecule has 0 radical (unpaired) electrons. The van der Waals surface area contributed by atoms with Crippen molar-refractivity contribution in [2.45, 2.75) is 12.8 Å². The fourth-order valence-electron chi connectivity index (χ4n) is 2.34. The number of hydrogen-bond acceptors (Lipinski definition) is 4. The highest BCUT2D eigenvalue weighted by molar-refractivity contribution is 5.78. The number of carbonyl (C=O) groups excluding carboxylic acids is 1. The molecule has 22 heavy (non-hydrogen) atoms. The number of benzene rings is 2. The highest BCUT2D eigenvalue weighted by atomic mass is 16.4. The van der Waals surface area contributed by atoms with Crippen LogP contribution in [0, 0.1) is 0 Å². The zero-order valence-corrected chi connectivity index (χ0v) is 12.0. The van der Waals surface area contributed by atoms with E-state index in [-0.39, 0.29) is 0 Å². The third-order valence-corrected chi connectivity index (χ3v) is 3.58. The van der Waals surface area contributed by atoms with Crippen molar-refractivity contribution in [3.05, 3.63) is 66.4 Å². The first-order valence-corrected chi connectivity index (χ1v) is 6.98. The summed E-state index contributed by atoms with van der Waals surface area (Å²) in [7, 11) is 0. The predicted octanol–water partition coefficient (Wildman–Crippen LogP) is 2.86. The number of carbonyl (C=O) groups is 1. The van der Waals surface area contributed by atoms with Crippen molar-refractivity contribution >= 4 is 5.97 Å². The monoisotopic (exact) mass is 292 g/mol. The summed E-state index contributed by atoms with van der Waals surface area (Å²) in [6.45, 7) is 1.59. The molecule has 1 atom stereocenters. The third-order valence-electron chi connectivity index (χ3n) is 3.58. The van der Waals surface area contributed by atoms with Gasteiger partial charge in [0, 0.05) is 23.0 Å². The normalized spacial score (nSPS) is 12.0. The lowest BCUT2D eigenvalue weighted by Crippen LogP contribution is -2.28. The Kier molecular flexibility index (Phi) is 3.74. The molecule has 0 bridgehead atoms. The van der Waals surface area contributed by atoms with Gasteiger partial charge in [0.2, 0.25) is 5.89 Å². The van der Waals surface area contributed by atoms with E-state index in [1.807, 2.05) is 36.4 Å². The second-order valence-corrected chi connectivity index (χ2v) is 5.03. The second kappa shape index (κ2) is 5.85. The van der Waals surface area contributed by atoms with E-state index in [1.165, 1.54) is 0 Å². The average molecular weight is 292 g/mol. The molecule has 2 aromatic carbocycles. The number of oxazole rings is 1. The molecule has 4 nitrogen and oxygen atoms in total. The van der Waals surface area contributed by atoms with E-state index in [0.717, 1.165) is 5.56 Å². The number of aliphatic carboxylic acids is 1. The SMILES string of the molecule is CC(C(=O)[O-])c1ccccc1-c1nc(-c2ccccc2)co1. The minimum atomic E-state index is -1.12. The Morgan fingerprint density at radius 3 is 2.50 bits per heavy atom. The molecule has 0 saturated carbocycles. The summed E-state index contributed by atoms with van der Waals surface area (Å²) in [5.41, 5.74) is 2.96. The van der Waals surface area contributed by atoms with Crippen LogP contribution in [0.25, 0.3) is 22.7 Å². The Labute approximate surface area is 128 Å². The highest BCUT2D eigenvalue weighted by Crippen LogP contribution is 2.30. The summed E-state index contributed by atoms with van der Waals surface area (Å²) in [5.74, 6) is -1.45. The standard InChI is InChI=1S/C18H15NO3/c1-12(18(20)21)14-9-5-6-10-15(14)17-19-16(11-22-17)13-7-3-2-4-8-13/h2-12H,1H3,(H,20,21)/p-1. The molecule has 0 spiro atoms. The molecule has 4 heteroatoms. The summed E-state index contributed by atoms with van der Waals surface area (Å²) in [6.07, 6.45) is 1.57. The Morgan fingerprint density at radius 2 is 1.77 bits per heavy atom. The van der Waals surface area contributed by atoms with E-state index in [4.69, 9.17) is 4.42 Å². The topological polar surface area (TPSA) is 66.2 Å². The molecule has 3 aromatic rings. The molecule has 0 fully saturated rings. The lowest BCUT2D eigenvalue weighted by Gasteiger charge is -2.15. The van der Waals surface area contributed by atoms with Crippen LogP contribution in [0.5, 0.6) is 0 Å². The molecule has 110 valence electrons. The lowest BCUT2D eigenvalue weighted by atomic mass is 9.96. The molecule has 1 heterocycles. The molecular weight excluding hydrogens is 278 g/mol. The largest absolute Gasteiger partial charge is 0.550 e. The highest BCUT2D eigenvalue weighted by Gasteiger charge is 2.16. The first kappa shape index (κ1) is 14.1. The summed E-state index contributed by atoms with van der Waals surface area (Å²) in [4.78, 5) is 15.6. The van der Waals surface area contributed by atoms with Crippen molar-refractivity contribution in [3.63, 3.8) is 0 Å². The second-order valence-electron chi connectivity index (χ2n) is 5.03. The van der Waals surface area contributed by atoms with Crippen molar-refractivity contribution in [3.8, 4) is 22.7 Å². The molecule has 1 aromatic heterocycles. The van der Waals surface area contributed by atoms with Crippen LogP contribution in [-0.4, -0.2) is 11.0 Å². The maximum absolute atomic E-state index is 11.1. The van der Waals surface area contributed by atoms with E-state index in [1.54, 1.807) is 31.4 Å². The first-order chi connectivity index (χ1) is 10.7. The van der Waals surface area contributed by atoms with Crippen LogP contribution in [0.1, 0.15) is 18.4 Å². The number of aromatic nitrogens is 1. The van der Waals surface area contributed by atoms with Gasteiger partial charge in [-0.25, -0.2) is 4.98 Å². The van der Waals surface area contributed by atoms with Gasteiger partial charge in [0.15, 0.2) is 0 Å². The molecule has 0 aliphatic heterocycles. The van der Waals surface area contributed by atoms with Crippen LogP contribution >= 0.6 is 0 Å². The molecule has 0 aliphatic rings. The van der Waals surface area contributed by atoms with E-state index >= 15 is 0 Å². The summed E-state index contributed by atoms with van der Waals surface area (Å²) in [5, 5.41) is 11.1. The van der Waals surface area contributed by atoms with Crippen molar-refractivity contribution in [2.24, 2.45) is 0 Å². The van der Waals surface area contributed by atoms with E-state index in [0.29, 0.717) is 22.7 Å². The minimum absolute atomic E-state index is 0.405. The van der Waals surface area contributed by atoms with Gasteiger partial charge in [-0.15, -0.1) is 0 Å². The average Bonchev–Trinajstić information content (AvgIpc) is 3.05. The third kappa shape index (κ3) is 2.63. The summed E-state index contributed by atoms with van der Waals surface area (Å²) >= 11 is 0. The Balaban J connectivity index is 2.03. The Bertz CT molecular complexity index is 793. The van der Waals surface area contributed by atoms with Gasteiger partial charge in [-0.1, -0.05) is 55.5 Å². The Morgan fingerprint density at radius 1 is 1.09 bits per heavy atom. The molecule has 0 aliphatic carbocycles. The van der Waals surface area contributed by atoms with Gasteiger partial charge in [-0.3, -0.25) is 0 Å². The van der Waals surface area contributed by atoms with Crippen LogP contribution in [0.15, 0.2) is 65.3 Å².